The minimum atomic E-state index is -2.34. The highest BCUT2D eigenvalue weighted by Gasteiger charge is 2.34. The van der Waals surface area contributed by atoms with Crippen LogP contribution in [0.15, 0.2) is 0 Å². The molecule has 20 heavy (non-hydrogen) atoms. The quantitative estimate of drug-likeness (QED) is 0.720. The fourth-order valence-electron chi connectivity index (χ4n) is 3.61. The molecule has 120 valence electrons. The Kier molecular flexibility index (Phi) is 7.92. The number of hydrogen-bond donors (Lipinski definition) is 2. The normalized spacial score (nSPS) is 31.2. The Bertz CT molecular complexity index is 266. The Morgan fingerprint density at radius 1 is 1.30 bits per heavy atom. The summed E-state index contributed by atoms with van der Waals surface area (Å²) in [5.74, 6) is 1.60. The number of hydrogen-bond acceptors (Lipinski definition) is 3. The predicted octanol–water partition coefficient (Wildman–Crippen LogP) is 2.21. The lowest BCUT2D eigenvalue weighted by atomic mass is 9.72. The lowest BCUT2D eigenvalue weighted by Crippen LogP contribution is -2.50. The molecule has 2 N–H and O–H groups in total. The molecule has 1 aliphatic rings. The van der Waals surface area contributed by atoms with Crippen molar-refractivity contribution in [2.24, 2.45) is 17.8 Å². The molecule has 0 bridgehead atoms. The molecule has 1 aliphatic carbocycles. The van der Waals surface area contributed by atoms with E-state index in [0.717, 1.165) is 19.4 Å². The van der Waals surface area contributed by atoms with Gasteiger partial charge in [0.2, 0.25) is 0 Å². The monoisotopic (exact) mass is 292 g/mol. The summed E-state index contributed by atoms with van der Waals surface area (Å²) < 4.78 is 25.3. The Labute approximate surface area is 121 Å². The van der Waals surface area contributed by atoms with Crippen molar-refractivity contribution < 1.29 is 13.9 Å². The van der Waals surface area contributed by atoms with Crippen LogP contribution in [0, 0.1) is 17.8 Å². The molecule has 1 fully saturated rings. The predicted molar refractivity (Wildman–Crippen MR) is 78.0 cm³/mol. The third-order valence-electron chi connectivity index (χ3n) is 4.43. The smallest absolute Gasteiger partial charge is 0.251 e. The number of nitrogens with one attached hydrogen (secondary N) is 1. The molecule has 0 amide bonds. The highest BCUT2D eigenvalue weighted by Crippen LogP contribution is 2.34. The number of rotatable bonds is 8. The maximum atomic E-state index is 12.6. The Morgan fingerprint density at radius 2 is 2.00 bits per heavy atom. The van der Waals surface area contributed by atoms with Gasteiger partial charge in [-0.1, -0.05) is 20.8 Å². The molecule has 4 unspecified atom stereocenters. The fourth-order valence-corrected chi connectivity index (χ4v) is 3.61. The van der Waals surface area contributed by atoms with Gasteiger partial charge in [0.05, 0.1) is 13.2 Å². The van der Waals surface area contributed by atoms with Gasteiger partial charge in [-0.2, -0.15) is 0 Å². The molecule has 0 aromatic rings. The maximum absolute atomic E-state index is 12.6. The topological polar surface area (TPSA) is 35.5 Å². The van der Waals surface area contributed by atoms with Gasteiger partial charge in [-0.25, -0.2) is 8.78 Å². The van der Waals surface area contributed by atoms with E-state index in [1.54, 1.807) is 4.90 Å². The van der Waals surface area contributed by atoms with Gasteiger partial charge in [0.25, 0.3) is 6.43 Å². The van der Waals surface area contributed by atoms with E-state index in [1.807, 2.05) is 0 Å². The SMILES string of the molecule is CCNC1CC(C)CC(C)C1CN(CCO)CC(F)F. The van der Waals surface area contributed by atoms with Crippen LogP contribution in [-0.4, -0.2) is 55.3 Å². The van der Waals surface area contributed by atoms with Crippen molar-refractivity contribution in [3.63, 3.8) is 0 Å². The standard InChI is InChI=1S/C15H30F2N2O/c1-4-18-14-8-11(2)7-12(3)13(14)9-19(5-6-20)10-15(16)17/h11-15,18,20H,4-10H2,1-3H3. The van der Waals surface area contributed by atoms with Crippen molar-refractivity contribution in [3.05, 3.63) is 0 Å². The summed E-state index contributed by atoms with van der Waals surface area (Å²) in [5, 5.41) is 12.6. The Morgan fingerprint density at radius 3 is 2.55 bits per heavy atom. The first-order valence-corrected chi connectivity index (χ1v) is 7.82. The highest BCUT2D eigenvalue weighted by atomic mass is 19.3. The Hall–Kier alpha value is -0.260. The summed E-state index contributed by atoms with van der Waals surface area (Å²) in [5.41, 5.74) is 0. The van der Waals surface area contributed by atoms with Crippen LogP contribution in [-0.2, 0) is 0 Å². The second-order valence-corrected chi connectivity index (χ2v) is 6.26. The van der Waals surface area contributed by atoms with Crippen LogP contribution in [0.5, 0.6) is 0 Å². The number of aliphatic hydroxyl groups is 1. The van der Waals surface area contributed by atoms with Crippen LogP contribution in [0.2, 0.25) is 0 Å². The second kappa shape index (κ2) is 8.90. The Balaban J connectivity index is 2.66. The minimum absolute atomic E-state index is 0.0594. The summed E-state index contributed by atoms with van der Waals surface area (Å²) in [6.45, 7) is 8.18. The largest absolute Gasteiger partial charge is 0.395 e. The average Bonchev–Trinajstić information content (AvgIpc) is 2.33. The maximum Gasteiger partial charge on any atom is 0.251 e. The highest BCUT2D eigenvalue weighted by molar-refractivity contribution is 4.89. The van der Waals surface area contributed by atoms with Gasteiger partial charge in [0, 0.05) is 19.1 Å². The van der Waals surface area contributed by atoms with Gasteiger partial charge in [-0.15, -0.1) is 0 Å². The minimum Gasteiger partial charge on any atom is -0.395 e. The van der Waals surface area contributed by atoms with E-state index in [2.05, 4.69) is 26.1 Å². The third kappa shape index (κ3) is 5.62. The van der Waals surface area contributed by atoms with Crippen molar-refractivity contribution in [2.75, 3.05) is 32.8 Å². The molecular formula is C15H30F2N2O. The summed E-state index contributed by atoms with van der Waals surface area (Å²) >= 11 is 0. The van der Waals surface area contributed by atoms with E-state index >= 15 is 0 Å². The molecule has 0 aromatic carbocycles. The first kappa shape index (κ1) is 17.8. The van der Waals surface area contributed by atoms with E-state index < -0.39 is 6.43 Å². The van der Waals surface area contributed by atoms with Gasteiger partial charge in [-0.05, 0) is 37.1 Å². The van der Waals surface area contributed by atoms with Gasteiger partial charge in [-0.3, -0.25) is 4.90 Å². The van der Waals surface area contributed by atoms with E-state index in [1.165, 1.54) is 0 Å². The molecule has 0 heterocycles. The van der Waals surface area contributed by atoms with Gasteiger partial charge >= 0.3 is 0 Å². The lowest BCUT2D eigenvalue weighted by molar-refractivity contribution is 0.0442. The molecule has 4 atom stereocenters. The van der Waals surface area contributed by atoms with Gasteiger partial charge < -0.3 is 10.4 Å². The van der Waals surface area contributed by atoms with Crippen LogP contribution >= 0.6 is 0 Å². The van der Waals surface area contributed by atoms with Crippen LogP contribution < -0.4 is 5.32 Å². The van der Waals surface area contributed by atoms with E-state index in [-0.39, 0.29) is 13.2 Å². The van der Waals surface area contributed by atoms with Crippen molar-refractivity contribution in [1.29, 1.82) is 0 Å². The molecule has 1 rings (SSSR count). The summed E-state index contributed by atoms with van der Waals surface area (Å²) in [4.78, 5) is 1.71. The summed E-state index contributed by atoms with van der Waals surface area (Å²) in [7, 11) is 0. The second-order valence-electron chi connectivity index (χ2n) is 6.26. The zero-order chi connectivity index (χ0) is 15.1. The molecule has 0 spiro atoms. The van der Waals surface area contributed by atoms with E-state index in [4.69, 9.17) is 5.11 Å². The number of halogens is 2. The number of nitrogens with zero attached hydrogens (tertiary/aromatic N) is 1. The van der Waals surface area contributed by atoms with Crippen LogP contribution in [0.4, 0.5) is 8.78 Å². The van der Waals surface area contributed by atoms with Crippen molar-refractivity contribution in [2.45, 2.75) is 46.1 Å². The molecule has 0 aliphatic heterocycles. The fraction of sp³-hybridized carbons (Fsp3) is 1.00. The van der Waals surface area contributed by atoms with Crippen LogP contribution in [0.3, 0.4) is 0 Å². The zero-order valence-corrected chi connectivity index (χ0v) is 13.0. The number of alkyl halides is 2. The number of aliphatic hydroxyl groups excluding tert-OH is 1. The molecule has 0 radical (unpaired) electrons. The third-order valence-corrected chi connectivity index (χ3v) is 4.43. The van der Waals surface area contributed by atoms with Gasteiger partial charge in [0.15, 0.2) is 0 Å². The van der Waals surface area contributed by atoms with Crippen LogP contribution in [0.25, 0.3) is 0 Å². The molecule has 0 saturated heterocycles. The van der Waals surface area contributed by atoms with Crippen LogP contribution in [0.1, 0.15) is 33.6 Å². The molecule has 0 aromatic heterocycles. The zero-order valence-electron chi connectivity index (χ0n) is 13.0. The van der Waals surface area contributed by atoms with Gasteiger partial charge in [0.1, 0.15) is 0 Å². The molecule has 3 nitrogen and oxygen atoms in total. The summed E-state index contributed by atoms with van der Waals surface area (Å²) in [6.07, 6.45) is -0.0597. The first-order valence-electron chi connectivity index (χ1n) is 7.82. The van der Waals surface area contributed by atoms with Crippen molar-refractivity contribution in [1.82, 2.24) is 10.2 Å². The lowest BCUT2D eigenvalue weighted by Gasteiger charge is -2.42. The molecule has 1 saturated carbocycles. The van der Waals surface area contributed by atoms with E-state index in [0.29, 0.717) is 36.9 Å². The summed E-state index contributed by atoms with van der Waals surface area (Å²) in [6, 6.07) is 0.401. The average molecular weight is 292 g/mol. The molecule has 5 heteroatoms. The first-order chi connectivity index (χ1) is 9.47. The van der Waals surface area contributed by atoms with Crippen molar-refractivity contribution >= 4 is 0 Å². The van der Waals surface area contributed by atoms with Crippen molar-refractivity contribution in [3.8, 4) is 0 Å². The molecular weight excluding hydrogens is 262 g/mol. The van der Waals surface area contributed by atoms with E-state index in [9.17, 15) is 8.78 Å².